The maximum Gasteiger partial charge on any atom is 0.216 e. The van der Waals surface area contributed by atoms with E-state index in [1.807, 2.05) is 0 Å². The zero-order valence-electron chi connectivity index (χ0n) is 17.2. The van der Waals surface area contributed by atoms with E-state index in [4.69, 9.17) is 0 Å². The molecule has 1 aliphatic carbocycles. The van der Waals surface area contributed by atoms with E-state index in [0.717, 1.165) is 19.3 Å². The molecular weight excluding hydrogens is 403 g/mol. The second kappa shape index (κ2) is 10.3. The van der Waals surface area contributed by atoms with Gasteiger partial charge in [0, 0.05) is 26.2 Å². The molecule has 0 amide bonds. The molecular formula is C20H34ClFN2O3S. The summed E-state index contributed by atoms with van der Waals surface area (Å²) < 4.78 is 39.2. The molecule has 28 heavy (non-hydrogen) atoms. The maximum atomic E-state index is 13.3. The molecule has 0 aliphatic heterocycles. The summed E-state index contributed by atoms with van der Waals surface area (Å²) in [4.78, 5) is 0. The molecule has 0 spiro atoms. The third-order valence-electron chi connectivity index (χ3n) is 5.53. The molecule has 2 N–H and O–H groups in total. The number of nitrogens with zero attached hydrogens (tertiary/aromatic N) is 1. The number of halogens is 2. The van der Waals surface area contributed by atoms with Crippen LogP contribution in [0.5, 0.6) is 0 Å². The van der Waals surface area contributed by atoms with Gasteiger partial charge in [0.2, 0.25) is 10.0 Å². The van der Waals surface area contributed by atoms with Crippen molar-refractivity contribution in [3.05, 3.63) is 35.6 Å². The van der Waals surface area contributed by atoms with Crippen LogP contribution in [0.3, 0.4) is 0 Å². The van der Waals surface area contributed by atoms with Crippen LogP contribution >= 0.6 is 12.4 Å². The molecule has 1 aliphatic rings. The Morgan fingerprint density at radius 1 is 1.25 bits per heavy atom. The van der Waals surface area contributed by atoms with E-state index in [2.05, 4.69) is 19.2 Å². The lowest BCUT2D eigenvalue weighted by Gasteiger charge is -2.36. The maximum absolute atomic E-state index is 13.3. The Labute approximate surface area is 175 Å². The Morgan fingerprint density at radius 3 is 2.39 bits per heavy atom. The predicted octanol–water partition coefficient (Wildman–Crippen LogP) is 3.49. The molecule has 1 saturated carbocycles. The monoisotopic (exact) mass is 436 g/mol. The van der Waals surface area contributed by atoms with Gasteiger partial charge in [-0.15, -0.1) is 12.4 Å². The number of sulfonamides is 1. The molecule has 0 aromatic heterocycles. The van der Waals surface area contributed by atoms with Crippen molar-refractivity contribution < 1.29 is 17.9 Å². The first kappa shape index (κ1) is 25.3. The molecule has 0 heterocycles. The Morgan fingerprint density at radius 2 is 1.86 bits per heavy atom. The first-order chi connectivity index (χ1) is 12.5. The summed E-state index contributed by atoms with van der Waals surface area (Å²) in [6.07, 6.45) is 3.35. The van der Waals surface area contributed by atoms with Crippen molar-refractivity contribution in [2.24, 2.45) is 5.92 Å². The summed E-state index contributed by atoms with van der Waals surface area (Å²) in [5.74, 6) is 0.114. The zero-order valence-corrected chi connectivity index (χ0v) is 18.8. The molecule has 1 aromatic carbocycles. The lowest BCUT2D eigenvalue weighted by Crippen LogP contribution is -2.44. The van der Waals surface area contributed by atoms with E-state index in [1.54, 1.807) is 26.2 Å². The number of hydrogen-bond acceptors (Lipinski definition) is 4. The van der Waals surface area contributed by atoms with Gasteiger partial charge in [0.05, 0.1) is 11.4 Å². The van der Waals surface area contributed by atoms with Gasteiger partial charge in [0.1, 0.15) is 5.82 Å². The minimum Gasteiger partial charge on any atom is -0.387 e. The van der Waals surface area contributed by atoms with E-state index >= 15 is 0 Å². The lowest BCUT2D eigenvalue weighted by molar-refractivity contribution is 0.151. The molecule has 0 radical (unpaired) electrons. The molecule has 162 valence electrons. The summed E-state index contributed by atoms with van der Waals surface area (Å²) in [7, 11) is 0.0225. The quantitative estimate of drug-likeness (QED) is 0.654. The van der Waals surface area contributed by atoms with Gasteiger partial charge in [-0.2, -0.15) is 0 Å². The average Bonchev–Trinajstić information content (AvgIpc) is 2.59. The van der Waals surface area contributed by atoms with E-state index in [9.17, 15) is 17.9 Å². The van der Waals surface area contributed by atoms with E-state index < -0.39 is 16.1 Å². The molecule has 0 bridgehead atoms. The van der Waals surface area contributed by atoms with E-state index in [1.165, 1.54) is 16.4 Å². The third-order valence-corrected chi connectivity index (χ3v) is 7.86. The van der Waals surface area contributed by atoms with Crippen molar-refractivity contribution in [2.75, 3.05) is 20.6 Å². The molecule has 8 heteroatoms. The van der Waals surface area contributed by atoms with Gasteiger partial charge in [-0.1, -0.05) is 12.1 Å². The van der Waals surface area contributed by atoms with Crippen LogP contribution in [0.2, 0.25) is 0 Å². The van der Waals surface area contributed by atoms with Crippen molar-refractivity contribution in [3.63, 3.8) is 0 Å². The van der Waals surface area contributed by atoms with Crippen LogP contribution in [-0.2, 0) is 10.0 Å². The van der Waals surface area contributed by atoms with Crippen molar-refractivity contribution in [2.45, 2.75) is 62.8 Å². The average molecular weight is 437 g/mol. The first-order valence-corrected chi connectivity index (χ1v) is 11.1. The molecule has 0 saturated heterocycles. The molecule has 1 atom stereocenters. The van der Waals surface area contributed by atoms with Gasteiger partial charge in [0.15, 0.2) is 0 Å². The standard InChI is InChI=1S/C20H33FN2O3S.ClH/c1-20(2,22-14-19(24)16-6-5-7-17(21)12-16)13-15-8-10-18(11-9-15)27(25,26)23(3)4;/h5-7,12,15,18-19,22,24H,8-11,13-14H2,1-4H3;1H/t15?,18?,19-;/m0./s1. The first-order valence-electron chi connectivity index (χ1n) is 9.61. The van der Waals surface area contributed by atoms with Gasteiger partial charge in [-0.05, 0) is 69.6 Å². The minimum atomic E-state index is -3.17. The van der Waals surface area contributed by atoms with Gasteiger partial charge >= 0.3 is 0 Å². The van der Waals surface area contributed by atoms with Crippen molar-refractivity contribution >= 4 is 22.4 Å². The number of hydrogen-bond donors (Lipinski definition) is 2. The Balaban J connectivity index is 0.00000392. The molecule has 2 rings (SSSR count). The lowest BCUT2D eigenvalue weighted by atomic mass is 9.80. The topological polar surface area (TPSA) is 69.6 Å². The number of aliphatic hydroxyl groups excluding tert-OH is 1. The second-order valence-corrected chi connectivity index (χ2v) is 10.9. The number of nitrogens with one attached hydrogen (secondary N) is 1. The normalized spacial score (nSPS) is 22.0. The third kappa shape index (κ3) is 6.95. The highest BCUT2D eigenvalue weighted by Crippen LogP contribution is 2.34. The van der Waals surface area contributed by atoms with E-state index in [-0.39, 0.29) is 29.0 Å². The fourth-order valence-corrected chi connectivity index (χ4v) is 5.39. The van der Waals surface area contributed by atoms with E-state index in [0.29, 0.717) is 30.9 Å². The highest BCUT2D eigenvalue weighted by atomic mass is 35.5. The largest absolute Gasteiger partial charge is 0.387 e. The van der Waals surface area contributed by atoms with Crippen LogP contribution in [-0.4, -0.2) is 49.3 Å². The number of rotatable bonds is 8. The van der Waals surface area contributed by atoms with Gasteiger partial charge < -0.3 is 10.4 Å². The Bertz CT molecular complexity index is 720. The van der Waals surface area contributed by atoms with Crippen molar-refractivity contribution in [1.29, 1.82) is 0 Å². The van der Waals surface area contributed by atoms with Crippen LogP contribution in [0, 0.1) is 11.7 Å². The van der Waals surface area contributed by atoms with Gasteiger partial charge in [-0.25, -0.2) is 17.1 Å². The van der Waals surface area contributed by atoms with Crippen LogP contribution in [0.15, 0.2) is 24.3 Å². The Hall–Kier alpha value is -0.730. The van der Waals surface area contributed by atoms with Crippen LogP contribution in [0.25, 0.3) is 0 Å². The summed E-state index contributed by atoms with van der Waals surface area (Å²) in [5.41, 5.74) is 0.374. The molecule has 1 fully saturated rings. The summed E-state index contributed by atoms with van der Waals surface area (Å²) in [6, 6.07) is 6.03. The molecule has 0 unspecified atom stereocenters. The summed E-state index contributed by atoms with van der Waals surface area (Å²) >= 11 is 0. The molecule has 5 nitrogen and oxygen atoms in total. The fourth-order valence-electron chi connectivity index (χ4n) is 3.93. The van der Waals surface area contributed by atoms with Crippen LogP contribution in [0.1, 0.15) is 57.6 Å². The van der Waals surface area contributed by atoms with Crippen molar-refractivity contribution in [1.82, 2.24) is 9.62 Å². The second-order valence-electron chi connectivity index (χ2n) is 8.51. The zero-order chi connectivity index (χ0) is 20.2. The predicted molar refractivity (Wildman–Crippen MR) is 114 cm³/mol. The molecule has 1 aromatic rings. The van der Waals surface area contributed by atoms with Crippen LogP contribution in [0.4, 0.5) is 4.39 Å². The van der Waals surface area contributed by atoms with Gasteiger partial charge in [-0.3, -0.25) is 0 Å². The number of β-amino-alcohol motifs (C(OH)–C–C–N with tert-alkyl or cyclic N) is 1. The fraction of sp³-hybridized carbons (Fsp3) is 0.700. The van der Waals surface area contributed by atoms with Gasteiger partial charge in [0.25, 0.3) is 0 Å². The van der Waals surface area contributed by atoms with Crippen LogP contribution < -0.4 is 5.32 Å². The number of benzene rings is 1. The van der Waals surface area contributed by atoms with Crippen molar-refractivity contribution in [3.8, 4) is 0 Å². The smallest absolute Gasteiger partial charge is 0.216 e. The minimum absolute atomic E-state index is 0. The Kier molecular flexibility index (Phi) is 9.35. The number of aliphatic hydroxyl groups is 1. The highest BCUT2D eigenvalue weighted by molar-refractivity contribution is 7.89. The summed E-state index contributed by atoms with van der Waals surface area (Å²) in [6.45, 7) is 4.53. The highest BCUT2D eigenvalue weighted by Gasteiger charge is 2.34. The SMILES string of the molecule is CN(C)S(=O)(=O)C1CCC(CC(C)(C)NC[C@H](O)c2cccc(F)c2)CC1.Cl. The summed E-state index contributed by atoms with van der Waals surface area (Å²) in [5, 5.41) is 13.4.